The number of amides is 1. The van der Waals surface area contributed by atoms with Crippen LogP contribution in [0.2, 0.25) is 0 Å². The fourth-order valence-corrected chi connectivity index (χ4v) is 1.92. The van der Waals surface area contributed by atoms with Crippen molar-refractivity contribution in [2.45, 2.75) is 32.2 Å². The number of carbonyl (C=O) groups excluding carboxylic acids is 1. The summed E-state index contributed by atoms with van der Waals surface area (Å²) in [6.07, 6.45) is 0.900. The first-order valence-electron chi connectivity index (χ1n) is 6.32. The first-order chi connectivity index (χ1) is 9.36. The molecular weight excluding hydrogens is 258 g/mol. The van der Waals surface area contributed by atoms with E-state index in [-0.39, 0.29) is 0 Å². The number of nitrogens with one attached hydrogen (secondary N) is 2. The number of nitrogens with zero attached hydrogens (tertiary/aromatic N) is 1. The van der Waals surface area contributed by atoms with Crippen molar-refractivity contribution >= 4 is 18.1 Å². The van der Waals surface area contributed by atoms with Crippen LogP contribution in [-0.2, 0) is 15.3 Å². The van der Waals surface area contributed by atoms with Crippen molar-refractivity contribution in [3.05, 3.63) is 29.8 Å². The zero-order chi connectivity index (χ0) is 14.8. The van der Waals surface area contributed by atoms with Gasteiger partial charge in [0, 0.05) is 12.8 Å². The van der Waals surface area contributed by atoms with E-state index in [1.54, 1.807) is 20.8 Å². The van der Waals surface area contributed by atoms with E-state index in [0.29, 0.717) is 0 Å². The molecule has 0 unspecified atom stereocenters. The Labute approximate surface area is 118 Å². The van der Waals surface area contributed by atoms with E-state index in [1.165, 1.54) is 13.4 Å². The molecule has 0 fully saturated rings. The molecule has 1 heterocycles. The van der Waals surface area contributed by atoms with Crippen molar-refractivity contribution < 1.29 is 14.3 Å². The van der Waals surface area contributed by atoms with Crippen LogP contribution in [0.15, 0.2) is 29.3 Å². The van der Waals surface area contributed by atoms with Gasteiger partial charge in [-0.1, -0.05) is 12.1 Å². The third kappa shape index (κ3) is 2.91. The number of benzene rings is 1. The lowest BCUT2D eigenvalue weighted by atomic mass is 10.1. The van der Waals surface area contributed by atoms with Crippen LogP contribution in [0.1, 0.15) is 26.3 Å². The summed E-state index contributed by atoms with van der Waals surface area (Å²) in [6, 6.07) is 7.45. The van der Waals surface area contributed by atoms with E-state index in [9.17, 15) is 4.79 Å². The second-order valence-corrected chi connectivity index (χ2v) is 5.42. The predicted octanol–water partition coefficient (Wildman–Crippen LogP) is 2.42. The highest BCUT2D eigenvalue weighted by molar-refractivity contribution is 5.82. The molecule has 0 saturated carbocycles. The molecule has 0 aromatic heterocycles. The largest absolute Gasteiger partial charge is 0.444 e. The minimum absolute atomic E-state index is 0.588. The molecule has 2 rings (SSSR count). The van der Waals surface area contributed by atoms with Crippen molar-refractivity contribution in [2.75, 3.05) is 12.4 Å². The van der Waals surface area contributed by atoms with E-state index in [4.69, 9.17) is 9.47 Å². The third-order valence-electron chi connectivity index (χ3n) is 2.72. The summed E-state index contributed by atoms with van der Waals surface area (Å²) >= 11 is 0. The summed E-state index contributed by atoms with van der Waals surface area (Å²) in [4.78, 5) is 16.2. The molecule has 0 radical (unpaired) electrons. The van der Waals surface area contributed by atoms with Gasteiger partial charge in [-0.15, -0.1) is 0 Å². The van der Waals surface area contributed by atoms with Crippen LogP contribution in [0.25, 0.3) is 0 Å². The van der Waals surface area contributed by atoms with Gasteiger partial charge in [0.25, 0.3) is 5.85 Å². The smallest absolute Gasteiger partial charge is 0.411 e. The highest BCUT2D eigenvalue weighted by Gasteiger charge is 2.38. The minimum atomic E-state index is -1.27. The van der Waals surface area contributed by atoms with Gasteiger partial charge in [0.05, 0.1) is 11.9 Å². The van der Waals surface area contributed by atoms with E-state index < -0.39 is 17.5 Å². The topological polar surface area (TPSA) is 72.0 Å². The molecule has 1 atom stereocenters. The molecule has 108 valence electrons. The van der Waals surface area contributed by atoms with Gasteiger partial charge < -0.3 is 14.8 Å². The van der Waals surface area contributed by atoms with Gasteiger partial charge >= 0.3 is 6.09 Å². The maximum atomic E-state index is 12.0. The van der Waals surface area contributed by atoms with Crippen LogP contribution < -0.4 is 10.6 Å². The minimum Gasteiger partial charge on any atom is -0.444 e. The molecule has 1 aliphatic rings. The van der Waals surface area contributed by atoms with Crippen molar-refractivity contribution in [3.8, 4) is 0 Å². The molecule has 1 aromatic rings. The molecule has 0 spiro atoms. The number of alkyl carbamates (subject to hydrolysis) is 1. The molecule has 1 amide bonds. The summed E-state index contributed by atoms with van der Waals surface area (Å²) < 4.78 is 10.7. The first kappa shape index (κ1) is 14.3. The quantitative estimate of drug-likeness (QED) is 0.814. The Bertz CT molecular complexity index is 537. The highest BCUT2D eigenvalue weighted by Crippen LogP contribution is 2.32. The maximum Gasteiger partial charge on any atom is 0.411 e. The Morgan fingerprint density at radius 2 is 2.05 bits per heavy atom. The normalized spacial score (nSPS) is 20.8. The molecule has 0 saturated heterocycles. The number of anilines is 1. The van der Waals surface area contributed by atoms with Crippen molar-refractivity contribution in [1.29, 1.82) is 0 Å². The molecule has 6 heteroatoms. The first-order valence-corrected chi connectivity index (χ1v) is 6.32. The Hall–Kier alpha value is -2.08. The monoisotopic (exact) mass is 277 g/mol. The average molecular weight is 277 g/mol. The summed E-state index contributed by atoms with van der Waals surface area (Å²) in [5.74, 6) is -1.27. The van der Waals surface area contributed by atoms with E-state index >= 15 is 0 Å². The van der Waals surface area contributed by atoms with Gasteiger partial charge in [-0.2, -0.15) is 0 Å². The summed E-state index contributed by atoms with van der Waals surface area (Å²) in [6.45, 7) is 5.39. The Morgan fingerprint density at radius 3 is 2.70 bits per heavy atom. The molecule has 6 nitrogen and oxygen atoms in total. The molecule has 1 aliphatic heterocycles. The maximum absolute atomic E-state index is 12.0. The van der Waals surface area contributed by atoms with Gasteiger partial charge in [0.1, 0.15) is 5.60 Å². The molecular formula is C14H19N3O3. The fourth-order valence-electron chi connectivity index (χ4n) is 1.92. The van der Waals surface area contributed by atoms with Crippen LogP contribution in [0, 0.1) is 0 Å². The standard InChI is InChI=1S/C14H19N3O3/c1-13(2,3)20-12(18)17-14(19-4)10-7-5-6-8-11(10)15-9-16-14/h5-9H,1-4H3,(H,15,16)(H,17,18)/t14-/m0/s1. The van der Waals surface area contributed by atoms with E-state index in [1.807, 2.05) is 24.3 Å². The van der Waals surface area contributed by atoms with Crippen LogP contribution in [0.5, 0.6) is 0 Å². The predicted molar refractivity (Wildman–Crippen MR) is 76.6 cm³/mol. The lowest BCUT2D eigenvalue weighted by Crippen LogP contribution is -2.49. The zero-order valence-corrected chi connectivity index (χ0v) is 12.1. The fraction of sp³-hybridized carbons (Fsp3) is 0.429. The van der Waals surface area contributed by atoms with Crippen LogP contribution in [0.4, 0.5) is 10.5 Å². The number of para-hydroxylation sites is 1. The summed E-state index contributed by atoms with van der Waals surface area (Å²) in [7, 11) is 1.48. The number of hydrogen-bond donors (Lipinski definition) is 2. The third-order valence-corrected chi connectivity index (χ3v) is 2.72. The van der Waals surface area contributed by atoms with Crippen molar-refractivity contribution in [1.82, 2.24) is 5.32 Å². The molecule has 0 bridgehead atoms. The SMILES string of the molecule is CO[C@]1(NC(=O)OC(C)(C)C)N=CNc2ccccc21. The lowest BCUT2D eigenvalue weighted by Gasteiger charge is -2.34. The van der Waals surface area contributed by atoms with Gasteiger partial charge in [-0.3, -0.25) is 5.32 Å². The van der Waals surface area contributed by atoms with E-state index in [2.05, 4.69) is 15.6 Å². The summed E-state index contributed by atoms with van der Waals surface area (Å²) in [5.41, 5.74) is 0.950. The number of carbonyl (C=O) groups is 1. The van der Waals surface area contributed by atoms with Gasteiger partial charge in [-0.05, 0) is 32.9 Å². The number of ether oxygens (including phenoxy) is 2. The second-order valence-electron chi connectivity index (χ2n) is 5.42. The molecule has 2 N–H and O–H groups in total. The Kier molecular flexibility index (Phi) is 3.67. The van der Waals surface area contributed by atoms with Gasteiger partial charge in [-0.25, -0.2) is 9.79 Å². The molecule has 1 aromatic carbocycles. The Morgan fingerprint density at radius 1 is 1.35 bits per heavy atom. The van der Waals surface area contributed by atoms with Crippen molar-refractivity contribution in [2.24, 2.45) is 4.99 Å². The number of hydrogen-bond acceptors (Lipinski definition) is 5. The van der Waals surface area contributed by atoms with Crippen LogP contribution >= 0.6 is 0 Å². The Balaban J connectivity index is 2.28. The molecule has 0 aliphatic carbocycles. The number of methoxy groups -OCH3 is 1. The molecule has 20 heavy (non-hydrogen) atoms. The zero-order valence-electron chi connectivity index (χ0n) is 12.1. The van der Waals surface area contributed by atoms with Crippen LogP contribution in [-0.4, -0.2) is 25.1 Å². The number of aliphatic imine (C=N–C) groups is 1. The van der Waals surface area contributed by atoms with Gasteiger partial charge in [0.2, 0.25) is 0 Å². The summed E-state index contributed by atoms with van der Waals surface area (Å²) in [5, 5.41) is 5.68. The van der Waals surface area contributed by atoms with Crippen molar-refractivity contribution in [3.63, 3.8) is 0 Å². The highest BCUT2D eigenvalue weighted by atomic mass is 16.6. The number of fused-ring (bicyclic) bond motifs is 1. The average Bonchev–Trinajstić information content (AvgIpc) is 2.37. The van der Waals surface area contributed by atoms with Crippen LogP contribution in [0.3, 0.4) is 0 Å². The van der Waals surface area contributed by atoms with Gasteiger partial charge in [0.15, 0.2) is 0 Å². The van der Waals surface area contributed by atoms with E-state index in [0.717, 1.165) is 11.3 Å². The number of rotatable bonds is 2. The second kappa shape index (κ2) is 5.13. The lowest BCUT2D eigenvalue weighted by molar-refractivity contribution is -0.0445.